The molecule has 102 valence electrons. The van der Waals surface area contributed by atoms with E-state index in [1.165, 1.54) is 12.3 Å². The van der Waals surface area contributed by atoms with Crippen LogP contribution in [0.3, 0.4) is 0 Å². The predicted octanol–water partition coefficient (Wildman–Crippen LogP) is 2.15. The molecule has 5 nitrogen and oxygen atoms in total. The monoisotopic (exact) mass is 270 g/mol. The standard InChI is InChI=1S/C12H12F2N2O3/c13-12(14)2-1-7(4-12)10(17)16-9-3-8(11(18)19)5-15-6-9/h3,5-7H,1-2,4H2,(H,16,17)(H,18,19). The zero-order valence-electron chi connectivity index (χ0n) is 9.90. The fourth-order valence-electron chi connectivity index (χ4n) is 2.04. The number of hydrogen-bond donors (Lipinski definition) is 2. The van der Waals surface area contributed by atoms with Gasteiger partial charge in [-0.25, -0.2) is 13.6 Å². The summed E-state index contributed by atoms with van der Waals surface area (Å²) in [7, 11) is 0. The van der Waals surface area contributed by atoms with Gasteiger partial charge in [-0.05, 0) is 12.5 Å². The number of aromatic nitrogens is 1. The summed E-state index contributed by atoms with van der Waals surface area (Å²) in [5.74, 6) is -5.23. The van der Waals surface area contributed by atoms with Gasteiger partial charge in [0, 0.05) is 25.0 Å². The van der Waals surface area contributed by atoms with Gasteiger partial charge in [-0.1, -0.05) is 0 Å². The Kier molecular flexibility index (Phi) is 3.46. The molecule has 1 aliphatic rings. The van der Waals surface area contributed by atoms with Crippen molar-refractivity contribution < 1.29 is 23.5 Å². The van der Waals surface area contributed by atoms with Crippen LogP contribution in [0.25, 0.3) is 0 Å². The third kappa shape index (κ3) is 3.24. The molecule has 7 heteroatoms. The van der Waals surface area contributed by atoms with Gasteiger partial charge in [0.15, 0.2) is 0 Å². The number of carboxylic acids is 1. The van der Waals surface area contributed by atoms with Crippen LogP contribution in [-0.2, 0) is 4.79 Å². The van der Waals surface area contributed by atoms with E-state index in [9.17, 15) is 18.4 Å². The maximum atomic E-state index is 13.0. The lowest BCUT2D eigenvalue weighted by atomic mass is 10.1. The zero-order chi connectivity index (χ0) is 14.0. The SMILES string of the molecule is O=C(O)c1cncc(NC(=O)C2CCC(F)(F)C2)c1. The van der Waals surface area contributed by atoms with Gasteiger partial charge in [-0.2, -0.15) is 0 Å². The number of amides is 1. The van der Waals surface area contributed by atoms with Gasteiger partial charge in [-0.15, -0.1) is 0 Å². The Balaban J connectivity index is 2.03. The molecule has 1 fully saturated rings. The van der Waals surface area contributed by atoms with Crippen LogP contribution in [0, 0.1) is 5.92 Å². The summed E-state index contributed by atoms with van der Waals surface area (Å²) in [6, 6.07) is 1.24. The molecule has 0 spiro atoms. The summed E-state index contributed by atoms with van der Waals surface area (Å²) in [6.07, 6.45) is 1.79. The third-order valence-electron chi connectivity index (χ3n) is 3.03. The van der Waals surface area contributed by atoms with Crippen LogP contribution in [0.1, 0.15) is 29.6 Å². The van der Waals surface area contributed by atoms with Gasteiger partial charge in [0.05, 0.1) is 17.4 Å². The lowest BCUT2D eigenvalue weighted by Gasteiger charge is -2.11. The van der Waals surface area contributed by atoms with Crippen molar-refractivity contribution in [2.24, 2.45) is 5.92 Å². The van der Waals surface area contributed by atoms with Gasteiger partial charge >= 0.3 is 5.97 Å². The second-order valence-corrected chi connectivity index (χ2v) is 4.55. The first-order valence-electron chi connectivity index (χ1n) is 5.74. The van der Waals surface area contributed by atoms with E-state index in [0.717, 1.165) is 6.20 Å². The van der Waals surface area contributed by atoms with E-state index in [0.29, 0.717) is 0 Å². The molecular formula is C12H12F2N2O3. The maximum Gasteiger partial charge on any atom is 0.337 e. The smallest absolute Gasteiger partial charge is 0.337 e. The maximum absolute atomic E-state index is 13.0. The van der Waals surface area contributed by atoms with Crippen molar-refractivity contribution in [1.82, 2.24) is 4.98 Å². The number of carbonyl (C=O) groups excluding carboxylic acids is 1. The van der Waals surface area contributed by atoms with Crippen molar-refractivity contribution in [3.8, 4) is 0 Å². The zero-order valence-corrected chi connectivity index (χ0v) is 9.90. The summed E-state index contributed by atoms with van der Waals surface area (Å²) in [6.45, 7) is 0. The van der Waals surface area contributed by atoms with Crippen molar-refractivity contribution in [3.63, 3.8) is 0 Å². The molecule has 1 aromatic rings. The average molecular weight is 270 g/mol. The molecule has 1 saturated carbocycles. The highest BCUT2D eigenvalue weighted by Gasteiger charge is 2.42. The van der Waals surface area contributed by atoms with E-state index in [4.69, 9.17) is 5.11 Å². The Labute approximate surface area is 107 Å². The van der Waals surface area contributed by atoms with Gasteiger partial charge in [0.25, 0.3) is 0 Å². The number of aromatic carboxylic acids is 1. The molecule has 1 heterocycles. The van der Waals surface area contributed by atoms with Crippen molar-refractivity contribution in [3.05, 3.63) is 24.0 Å². The number of carbonyl (C=O) groups is 2. The van der Waals surface area contributed by atoms with E-state index in [2.05, 4.69) is 10.3 Å². The second kappa shape index (κ2) is 4.91. The quantitative estimate of drug-likeness (QED) is 0.882. The van der Waals surface area contributed by atoms with Crippen molar-refractivity contribution in [2.45, 2.75) is 25.2 Å². The Hall–Kier alpha value is -2.05. The number of nitrogens with one attached hydrogen (secondary N) is 1. The molecule has 0 aromatic carbocycles. The minimum Gasteiger partial charge on any atom is -0.478 e. The molecule has 2 N–H and O–H groups in total. The normalized spacial score (nSPS) is 21.1. The summed E-state index contributed by atoms with van der Waals surface area (Å²) in [4.78, 5) is 26.2. The number of pyridine rings is 1. The molecule has 0 saturated heterocycles. The largest absolute Gasteiger partial charge is 0.478 e. The molecule has 0 aliphatic heterocycles. The topological polar surface area (TPSA) is 79.3 Å². The molecule has 1 aromatic heterocycles. The van der Waals surface area contributed by atoms with Crippen LogP contribution in [0.15, 0.2) is 18.5 Å². The first-order valence-corrected chi connectivity index (χ1v) is 5.74. The molecule has 0 radical (unpaired) electrons. The molecule has 19 heavy (non-hydrogen) atoms. The minimum atomic E-state index is -2.79. The van der Waals surface area contributed by atoms with Gasteiger partial charge < -0.3 is 10.4 Å². The Morgan fingerprint density at radius 2 is 2.16 bits per heavy atom. The molecule has 1 aliphatic carbocycles. The predicted molar refractivity (Wildman–Crippen MR) is 62.1 cm³/mol. The molecule has 1 amide bonds. The number of halogens is 2. The van der Waals surface area contributed by atoms with E-state index < -0.39 is 30.1 Å². The minimum absolute atomic E-state index is 0.0745. The number of hydrogen-bond acceptors (Lipinski definition) is 3. The average Bonchev–Trinajstić information content (AvgIpc) is 2.70. The number of anilines is 1. The van der Waals surface area contributed by atoms with E-state index in [-0.39, 0.29) is 24.1 Å². The van der Waals surface area contributed by atoms with Crippen LogP contribution in [0.4, 0.5) is 14.5 Å². The summed E-state index contributed by atoms with van der Waals surface area (Å²) >= 11 is 0. The number of alkyl halides is 2. The molecule has 1 unspecified atom stereocenters. The van der Waals surface area contributed by atoms with Crippen LogP contribution < -0.4 is 5.32 Å². The van der Waals surface area contributed by atoms with Gasteiger partial charge in [0.1, 0.15) is 0 Å². The highest BCUT2D eigenvalue weighted by atomic mass is 19.3. The third-order valence-corrected chi connectivity index (χ3v) is 3.03. The molecule has 1 atom stereocenters. The first-order chi connectivity index (χ1) is 8.87. The highest BCUT2D eigenvalue weighted by Crippen LogP contribution is 2.39. The lowest BCUT2D eigenvalue weighted by Crippen LogP contribution is -2.22. The number of rotatable bonds is 3. The summed E-state index contributed by atoms with van der Waals surface area (Å²) in [5.41, 5.74) is 0.120. The van der Waals surface area contributed by atoms with Gasteiger partial charge in [0.2, 0.25) is 11.8 Å². The van der Waals surface area contributed by atoms with Gasteiger partial charge in [-0.3, -0.25) is 9.78 Å². The van der Waals surface area contributed by atoms with Crippen molar-refractivity contribution in [2.75, 3.05) is 5.32 Å². The fourth-order valence-corrected chi connectivity index (χ4v) is 2.04. The van der Waals surface area contributed by atoms with Crippen molar-refractivity contribution in [1.29, 1.82) is 0 Å². The summed E-state index contributed by atoms with van der Waals surface area (Å²) < 4.78 is 26.0. The van der Waals surface area contributed by atoms with Crippen LogP contribution in [-0.4, -0.2) is 27.9 Å². The molecular weight excluding hydrogens is 258 g/mol. The fraction of sp³-hybridized carbons (Fsp3) is 0.417. The van der Waals surface area contributed by atoms with Crippen LogP contribution in [0.5, 0.6) is 0 Å². The van der Waals surface area contributed by atoms with E-state index in [1.807, 2.05) is 0 Å². The number of carboxylic acid groups (broad SMARTS) is 1. The Bertz CT molecular complexity index is 519. The van der Waals surface area contributed by atoms with E-state index in [1.54, 1.807) is 0 Å². The Morgan fingerprint density at radius 3 is 2.74 bits per heavy atom. The number of nitrogens with zero attached hydrogens (tertiary/aromatic N) is 1. The Morgan fingerprint density at radius 1 is 1.42 bits per heavy atom. The van der Waals surface area contributed by atoms with E-state index >= 15 is 0 Å². The summed E-state index contributed by atoms with van der Waals surface area (Å²) in [5, 5.41) is 11.2. The highest BCUT2D eigenvalue weighted by molar-refractivity contribution is 5.94. The molecule has 2 rings (SSSR count). The van der Waals surface area contributed by atoms with Crippen LogP contribution in [0.2, 0.25) is 0 Å². The lowest BCUT2D eigenvalue weighted by molar-refractivity contribution is -0.120. The second-order valence-electron chi connectivity index (χ2n) is 4.55. The van der Waals surface area contributed by atoms with Crippen LogP contribution >= 0.6 is 0 Å². The molecule has 0 bridgehead atoms. The first kappa shape index (κ1) is 13.4. The van der Waals surface area contributed by atoms with Crippen molar-refractivity contribution >= 4 is 17.6 Å².